The average molecular weight is 593 g/mol. The van der Waals surface area contributed by atoms with E-state index in [4.69, 9.17) is 84.8 Å². The first-order valence-electron chi connectivity index (χ1n) is 35.2. The zero-order valence-electron chi connectivity index (χ0n) is 66.0. The van der Waals surface area contributed by atoms with Gasteiger partial charge < -0.3 is 9.69 Å². The van der Waals surface area contributed by atoms with E-state index >= 15 is 0 Å². The number of nitrogens with zero attached hydrogens (tertiary/aromatic N) is 4. The number of allylic oxidation sites excluding steroid dienone is 2. The highest BCUT2D eigenvalue weighted by molar-refractivity contribution is 6.00. The number of benzene rings is 1. The van der Waals surface area contributed by atoms with Crippen molar-refractivity contribution in [3.8, 4) is 11.3 Å². The summed E-state index contributed by atoms with van der Waals surface area (Å²) in [6.07, 6.45) is 5.25. The number of likely N-dealkylation sites (tertiary alicyclic amines) is 1. The van der Waals surface area contributed by atoms with Crippen LogP contribution in [0, 0.1) is 18.4 Å². The number of hydrogen-bond acceptors (Lipinski definition) is 4. The first-order valence-corrected chi connectivity index (χ1v) is 12.2. The molecular weight excluding hydrogens is 424 g/mol. The van der Waals surface area contributed by atoms with Crippen molar-refractivity contribution in [1.29, 1.82) is 0 Å². The Balaban J connectivity index is -0.0000000402. The molecule has 1 aliphatic heterocycles. The van der Waals surface area contributed by atoms with Crippen molar-refractivity contribution < 1.29 is 77.9 Å². The quantitative estimate of drug-likeness (QED) is 0.325. The van der Waals surface area contributed by atoms with Crippen LogP contribution in [0.25, 0.3) is 16.1 Å². The van der Waals surface area contributed by atoms with Gasteiger partial charge in [-0.05, 0) is 31.6 Å². The second kappa shape index (κ2) is 8.47. The Kier molecular flexibility index (Phi) is 2.02. The molecule has 1 aromatic heterocycles. The van der Waals surface area contributed by atoms with Crippen LogP contribution in [0.4, 0.5) is 0 Å². The molecule has 0 spiro atoms. The van der Waals surface area contributed by atoms with Gasteiger partial charge in [-0.25, -0.2) is 14.8 Å². The molecule has 1 fully saturated rings. The van der Waals surface area contributed by atoms with Crippen LogP contribution >= 0.6 is 0 Å². The minimum atomic E-state index is -0.484. The number of carbonyl (C=O) groups excluding carboxylic acids is 2. The molecular formula is C28H76N4O2. The van der Waals surface area contributed by atoms with E-state index in [1.54, 1.807) is 6.92 Å². The smallest absolute Gasteiger partial charge is 0.226 e. The van der Waals surface area contributed by atoms with E-state index in [0.717, 1.165) is 54.0 Å². The second-order valence-electron chi connectivity index (χ2n) is 10.1. The fourth-order valence-electron chi connectivity index (χ4n) is 6.23. The van der Waals surface area contributed by atoms with Gasteiger partial charge in [-0.1, -0.05) is 50.3 Å². The lowest BCUT2D eigenvalue weighted by Crippen LogP contribution is -2.46. The number of carbonyl (C=O) groups is 2. The van der Waals surface area contributed by atoms with Gasteiger partial charge in [0.15, 0.2) is 5.78 Å². The van der Waals surface area contributed by atoms with Gasteiger partial charge >= 0.3 is 0 Å². The van der Waals surface area contributed by atoms with Crippen LogP contribution in [-0.4, -0.2) is 39.6 Å². The van der Waals surface area contributed by atoms with Crippen molar-refractivity contribution in [2.24, 2.45) is 11.8 Å². The Hall–Kier alpha value is -3.33. The Labute approximate surface area is 271 Å². The van der Waals surface area contributed by atoms with Crippen molar-refractivity contribution in [3.63, 3.8) is 0 Å². The second-order valence-corrected chi connectivity index (χ2v) is 10.1. The predicted molar refractivity (Wildman–Crippen MR) is 178 cm³/mol. The lowest BCUT2D eigenvalue weighted by Gasteiger charge is -2.46. The maximum atomic E-state index is 12.8. The van der Waals surface area contributed by atoms with Crippen LogP contribution in [0.2, 0.25) is 0 Å². The number of aromatic nitrogens is 2. The lowest BCUT2D eigenvalue weighted by atomic mass is 9.58. The maximum Gasteiger partial charge on any atom is 0.226 e. The van der Waals surface area contributed by atoms with Gasteiger partial charge in [-0.3, -0.25) is 4.79 Å². The van der Waals surface area contributed by atoms with Crippen LogP contribution in [-0.2, 0) is 21.4 Å². The summed E-state index contributed by atoms with van der Waals surface area (Å²) in [5.74, 6) is 0.982. The molecule has 1 saturated heterocycles. The predicted octanol–water partition coefficient (Wildman–Crippen LogP) is 10.4. The lowest BCUT2D eigenvalue weighted by molar-refractivity contribution is -0.129. The highest BCUT2D eigenvalue weighted by atomic mass is 16.2. The fourth-order valence-corrected chi connectivity index (χ4v) is 6.23. The molecule has 0 N–H and O–H groups in total. The van der Waals surface area contributed by atoms with Gasteiger partial charge in [0.1, 0.15) is 5.82 Å². The molecule has 2 aromatic rings. The molecule has 5 rings (SSSR count). The van der Waals surface area contributed by atoms with E-state index in [1.165, 1.54) is 0 Å². The zero-order chi connectivity index (χ0) is 70.0. The molecule has 6 heteroatoms. The molecule has 220 valence electrons. The largest absolute Gasteiger partial charge is 0.343 e. The van der Waals surface area contributed by atoms with Crippen molar-refractivity contribution in [2.45, 2.75) is 57.8 Å². The molecule has 3 atom stereocenters. The Morgan fingerprint density at radius 2 is 1.91 bits per heavy atom. The number of amides is 1. The number of Topliss-reactive ketones (excluding diaryl/α,β-unsaturated/α-hetero) is 1. The van der Waals surface area contributed by atoms with E-state index in [1.807, 2.05) is 36.1 Å². The van der Waals surface area contributed by atoms with Crippen LogP contribution in [0.3, 0.4) is 0 Å². The van der Waals surface area contributed by atoms with Crippen molar-refractivity contribution in [2.75, 3.05) is 13.1 Å². The van der Waals surface area contributed by atoms with Gasteiger partial charge in [-0.15, -0.1) is 0 Å². The third-order valence-corrected chi connectivity index (χ3v) is 8.19. The first kappa shape index (κ1) is 8.12. The van der Waals surface area contributed by atoms with E-state index in [0.29, 0.717) is 13.1 Å². The molecule has 6 nitrogen and oxygen atoms in total. The number of rotatable bonds is 2. The minimum Gasteiger partial charge on any atom is -0.343 e. The normalized spacial score (nSPS) is 32.2. The number of ketones is 1. The van der Waals surface area contributed by atoms with Gasteiger partial charge in [0.2, 0.25) is 11.6 Å². The third-order valence-electron chi connectivity index (χ3n) is 8.19. The summed E-state index contributed by atoms with van der Waals surface area (Å²) in [5.41, 5.74) is 3.90. The fraction of sp³-hybridized carbons (Fsp3) is 0.464. The molecule has 3 aliphatic rings. The maximum absolute atomic E-state index is 12.8. The van der Waals surface area contributed by atoms with Crippen LogP contribution in [0.1, 0.15) is 131 Å². The summed E-state index contributed by atoms with van der Waals surface area (Å²) in [6.45, 7) is 14.8. The number of fused-ring (bicyclic) bond motifs is 3. The average Bonchev–Trinajstić information content (AvgIpc) is 3.62. The molecule has 34 heavy (non-hydrogen) atoms. The monoisotopic (exact) mass is 593 g/mol. The van der Waals surface area contributed by atoms with E-state index in [9.17, 15) is 9.59 Å². The molecule has 0 saturated carbocycles. The minimum absolute atomic E-state index is 0.0462. The van der Waals surface area contributed by atoms with Crippen molar-refractivity contribution in [1.82, 2.24) is 14.9 Å². The van der Waals surface area contributed by atoms with Gasteiger partial charge in [0.05, 0.1) is 18.0 Å². The van der Waals surface area contributed by atoms with E-state index in [-0.39, 0.29) is 35.1 Å². The van der Waals surface area contributed by atoms with Crippen LogP contribution in [0.5, 0.6) is 0 Å². The summed E-state index contributed by atoms with van der Waals surface area (Å²) in [6, 6.07) is 10.2. The molecule has 0 radical (unpaired) electrons. The Morgan fingerprint density at radius 3 is 2.56 bits per heavy atom. The summed E-state index contributed by atoms with van der Waals surface area (Å²) in [5, 5.41) is 0. The topological polar surface area (TPSA) is 67.5 Å². The third kappa shape index (κ3) is 3.55. The Bertz CT molecular complexity index is 1300. The zero-order valence-corrected chi connectivity index (χ0v) is 20.0. The first-order chi connectivity index (χ1) is 39.3. The van der Waals surface area contributed by atoms with Gasteiger partial charge in [-0.2, -0.15) is 0 Å². The van der Waals surface area contributed by atoms with E-state index in [2.05, 4.69) is 23.9 Å². The molecule has 1 amide bonds. The molecule has 0 unspecified atom stereocenters. The number of piperidine rings is 1. The summed E-state index contributed by atoms with van der Waals surface area (Å²) in [4.78, 5) is 40.4. The highest BCUT2D eigenvalue weighted by Gasteiger charge is 2.49. The van der Waals surface area contributed by atoms with Gasteiger partial charge in [0.25, 0.3) is 0 Å². The van der Waals surface area contributed by atoms with Crippen molar-refractivity contribution >= 4 is 11.7 Å². The highest BCUT2D eigenvalue weighted by Crippen LogP contribution is 2.51. The molecule has 2 heterocycles. The van der Waals surface area contributed by atoms with E-state index < -0.39 is 5.41 Å². The Morgan fingerprint density at radius 1 is 1.21 bits per heavy atom. The number of hydrogen-bond donors (Lipinski definition) is 0. The SMILES string of the molecule is [3H][3H].[3H][3H].[3H][3H].[3H][3H].[3H][3H].[3H][3H].[3H][3H].[3H][3H].[3H][3H].[3H][3H].[3H][3H].[3H][3H].[3H][3H].[3H][3H].[3H][3H].[3H][3H].[3H][3H].[3H][3H].[3H][3H].[3H][3H].[3H][3H].[3H][3H].[3H][3H].[C-]#[N+]C1=C[C@@]2(C)c3nc(C4CCN(C(C)=O)CC4)nc(-c4ccccc4)c3CC[C@@H]2[C@@H](C)C1=O. The summed E-state index contributed by atoms with van der Waals surface area (Å²) < 4.78 is 230. The van der Waals surface area contributed by atoms with Gasteiger partial charge in [0, 0.05) is 117 Å². The van der Waals surface area contributed by atoms with Crippen LogP contribution < -0.4 is 0 Å². The molecule has 2 aliphatic carbocycles. The standard InChI is InChI=1S/C28H30N4O2.23H2/c1-17-22-11-10-21-24(19-8-6-5-7-9-19)30-27(20-12-14-32(15-13-20)18(2)33)31-26(21)28(22,3)16-23(29-4)25(17)34;;;;;;;;;;;;;;;;;;;;;;;/h5-9,16-17,20,22H,10-15H2,1-3H3;23*1H/t17-,22-,28-;;;;;;;;;;;;;;;;;;;;;;;/m1......................./s1/i;23*1+2T. The molecule has 0 bridgehead atoms. The molecule has 1 aromatic carbocycles. The summed E-state index contributed by atoms with van der Waals surface area (Å²) in [7, 11) is 0. The van der Waals surface area contributed by atoms with Crippen LogP contribution in [0.15, 0.2) is 42.1 Å². The summed E-state index contributed by atoms with van der Waals surface area (Å²) >= 11 is 0. The van der Waals surface area contributed by atoms with Crippen molar-refractivity contribution in [3.05, 3.63) is 70.6 Å².